The Balaban J connectivity index is 1.66. The SMILES string of the molecule is CC(C)(C)OC(=O)N(CCOCc1ccccc1)Cc1ccc2cc(CO)oc2c1. The van der Waals surface area contributed by atoms with Gasteiger partial charge in [-0.25, -0.2) is 4.79 Å². The number of carbonyl (C=O) groups excluding carboxylic acids is 1. The molecule has 0 atom stereocenters. The van der Waals surface area contributed by atoms with Gasteiger partial charge in [0.15, 0.2) is 0 Å². The molecule has 3 rings (SSSR count). The number of benzene rings is 2. The first kappa shape index (κ1) is 21.9. The largest absolute Gasteiger partial charge is 0.459 e. The summed E-state index contributed by atoms with van der Waals surface area (Å²) in [5, 5.41) is 10.2. The number of amides is 1. The van der Waals surface area contributed by atoms with Gasteiger partial charge in [-0.2, -0.15) is 0 Å². The summed E-state index contributed by atoms with van der Waals surface area (Å²) in [5.74, 6) is 0.514. The second kappa shape index (κ2) is 9.78. The minimum atomic E-state index is -0.582. The van der Waals surface area contributed by atoms with E-state index >= 15 is 0 Å². The first-order valence-electron chi connectivity index (χ1n) is 10.1. The number of furan rings is 1. The van der Waals surface area contributed by atoms with Gasteiger partial charge in [-0.05, 0) is 44.0 Å². The Morgan fingerprint density at radius 1 is 1.07 bits per heavy atom. The molecule has 0 saturated carbocycles. The molecule has 0 aliphatic rings. The summed E-state index contributed by atoms with van der Waals surface area (Å²) >= 11 is 0. The lowest BCUT2D eigenvalue weighted by Crippen LogP contribution is -2.38. The Hall–Kier alpha value is -2.83. The smallest absolute Gasteiger partial charge is 0.410 e. The van der Waals surface area contributed by atoms with Crippen molar-refractivity contribution in [3.8, 4) is 0 Å². The second-order valence-corrected chi connectivity index (χ2v) is 8.18. The first-order chi connectivity index (χ1) is 14.3. The summed E-state index contributed by atoms with van der Waals surface area (Å²) in [4.78, 5) is 14.4. The van der Waals surface area contributed by atoms with Gasteiger partial charge in [0.25, 0.3) is 0 Å². The molecule has 1 heterocycles. The predicted molar refractivity (Wildman–Crippen MR) is 115 cm³/mol. The van der Waals surface area contributed by atoms with E-state index in [1.165, 1.54) is 0 Å². The van der Waals surface area contributed by atoms with E-state index in [4.69, 9.17) is 13.9 Å². The molecular formula is C24H29NO5. The molecule has 6 heteroatoms. The lowest BCUT2D eigenvalue weighted by atomic mass is 10.1. The third-order valence-corrected chi connectivity index (χ3v) is 4.43. The molecule has 0 unspecified atom stereocenters. The van der Waals surface area contributed by atoms with Gasteiger partial charge in [-0.3, -0.25) is 0 Å². The topological polar surface area (TPSA) is 72.1 Å². The van der Waals surface area contributed by atoms with Crippen LogP contribution in [-0.2, 0) is 29.2 Å². The number of fused-ring (bicyclic) bond motifs is 1. The quantitative estimate of drug-likeness (QED) is 0.535. The van der Waals surface area contributed by atoms with E-state index in [2.05, 4.69) is 0 Å². The monoisotopic (exact) mass is 411 g/mol. The van der Waals surface area contributed by atoms with Gasteiger partial charge in [0.2, 0.25) is 0 Å². The molecule has 1 N–H and O–H groups in total. The van der Waals surface area contributed by atoms with Crippen molar-refractivity contribution < 1.29 is 23.8 Å². The van der Waals surface area contributed by atoms with Crippen LogP contribution in [0.5, 0.6) is 0 Å². The maximum Gasteiger partial charge on any atom is 0.410 e. The third-order valence-electron chi connectivity index (χ3n) is 4.43. The first-order valence-corrected chi connectivity index (χ1v) is 10.1. The van der Waals surface area contributed by atoms with E-state index in [-0.39, 0.29) is 12.7 Å². The molecule has 0 aliphatic heterocycles. The molecule has 3 aromatic rings. The van der Waals surface area contributed by atoms with Gasteiger partial charge in [-0.1, -0.05) is 42.5 Å². The summed E-state index contributed by atoms with van der Waals surface area (Å²) in [6.07, 6.45) is -0.388. The zero-order valence-corrected chi connectivity index (χ0v) is 17.8. The number of aliphatic hydroxyl groups excluding tert-OH is 1. The van der Waals surface area contributed by atoms with Crippen LogP contribution in [0.25, 0.3) is 11.0 Å². The second-order valence-electron chi connectivity index (χ2n) is 8.18. The number of nitrogens with zero attached hydrogens (tertiary/aromatic N) is 1. The van der Waals surface area contributed by atoms with Gasteiger partial charge in [0.1, 0.15) is 23.6 Å². The summed E-state index contributed by atoms with van der Waals surface area (Å²) in [6.45, 7) is 7.05. The molecule has 0 radical (unpaired) electrons. The Morgan fingerprint density at radius 2 is 1.83 bits per heavy atom. The van der Waals surface area contributed by atoms with Crippen LogP contribution in [0.4, 0.5) is 4.79 Å². The fraction of sp³-hybridized carbons (Fsp3) is 0.375. The lowest BCUT2D eigenvalue weighted by molar-refractivity contribution is 0.0145. The fourth-order valence-corrected chi connectivity index (χ4v) is 3.03. The molecule has 30 heavy (non-hydrogen) atoms. The lowest BCUT2D eigenvalue weighted by Gasteiger charge is -2.27. The predicted octanol–water partition coefficient (Wildman–Crippen LogP) is 4.88. The fourth-order valence-electron chi connectivity index (χ4n) is 3.03. The number of hydrogen-bond donors (Lipinski definition) is 1. The van der Waals surface area contributed by atoms with Crippen molar-refractivity contribution in [1.29, 1.82) is 0 Å². The van der Waals surface area contributed by atoms with Crippen molar-refractivity contribution in [1.82, 2.24) is 4.90 Å². The van der Waals surface area contributed by atoms with Crippen LogP contribution in [0.3, 0.4) is 0 Å². The minimum absolute atomic E-state index is 0.146. The van der Waals surface area contributed by atoms with E-state index in [0.29, 0.717) is 37.6 Å². The summed E-state index contributed by atoms with van der Waals surface area (Å²) in [5.41, 5.74) is 2.10. The van der Waals surface area contributed by atoms with Crippen LogP contribution < -0.4 is 0 Å². The molecular weight excluding hydrogens is 382 g/mol. The molecule has 0 bridgehead atoms. The Bertz CT molecular complexity index is 959. The Kier molecular flexibility index (Phi) is 7.13. The molecule has 0 saturated heterocycles. The molecule has 1 amide bonds. The zero-order chi connectivity index (χ0) is 21.6. The van der Waals surface area contributed by atoms with Crippen molar-refractivity contribution in [2.75, 3.05) is 13.2 Å². The Morgan fingerprint density at radius 3 is 2.53 bits per heavy atom. The molecule has 1 aromatic heterocycles. The van der Waals surface area contributed by atoms with Crippen LogP contribution in [-0.4, -0.2) is 34.9 Å². The van der Waals surface area contributed by atoms with E-state index in [0.717, 1.165) is 16.5 Å². The average molecular weight is 411 g/mol. The highest BCUT2D eigenvalue weighted by molar-refractivity contribution is 5.78. The van der Waals surface area contributed by atoms with E-state index in [1.807, 2.05) is 75.4 Å². The normalized spacial score (nSPS) is 11.6. The van der Waals surface area contributed by atoms with Crippen molar-refractivity contribution >= 4 is 17.1 Å². The Labute approximate surface area is 177 Å². The van der Waals surface area contributed by atoms with Gasteiger partial charge < -0.3 is 23.9 Å². The standard InChI is InChI=1S/C24H29NO5/c1-24(2,3)30-23(27)25(11-12-28-17-18-7-5-4-6-8-18)15-19-9-10-20-14-21(16-26)29-22(20)13-19/h4-10,13-14,26H,11-12,15-17H2,1-3H3. The number of rotatable bonds is 8. The molecule has 160 valence electrons. The van der Waals surface area contributed by atoms with Crippen LogP contribution in [0.15, 0.2) is 59.0 Å². The van der Waals surface area contributed by atoms with Crippen molar-refractivity contribution in [3.05, 3.63) is 71.5 Å². The summed E-state index contributed by atoms with van der Waals surface area (Å²) in [7, 11) is 0. The number of aliphatic hydroxyl groups is 1. The molecule has 0 fully saturated rings. The van der Waals surface area contributed by atoms with Gasteiger partial charge in [-0.15, -0.1) is 0 Å². The molecule has 6 nitrogen and oxygen atoms in total. The van der Waals surface area contributed by atoms with Gasteiger partial charge >= 0.3 is 6.09 Å². The maximum absolute atomic E-state index is 12.7. The highest BCUT2D eigenvalue weighted by Gasteiger charge is 2.22. The zero-order valence-electron chi connectivity index (χ0n) is 17.8. The summed E-state index contributed by atoms with van der Waals surface area (Å²) in [6, 6.07) is 17.5. The molecule has 2 aromatic carbocycles. The average Bonchev–Trinajstić information content (AvgIpc) is 3.12. The minimum Gasteiger partial charge on any atom is -0.459 e. The molecule has 0 aliphatic carbocycles. The van der Waals surface area contributed by atoms with Crippen LogP contribution >= 0.6 is 0 Å². The van der Waals surface area contributed by atoms with Gasteiger partial charge in [0, 0.05) is 18.5 Å². The van der Waals surface area contributed by atoms with Crippen LogP contribution in [0.2, 0.25) is 0 Å². The highest BCUT2D eigenvalue weighted by Crippen LogP contribution is 2.22. The van der Waals surface area contributed by atoms with E-state index < -0.39 is 5.60 Å². The van der Waals surface area contributed by atoms with Crippen molar-refractivity contribution in [3.63, 3.8) is 0 Å². The van der Waals surface area contributed by atoms with Crippen LogP contribution in [0, 0.1) is 0 Å². The maximum atomic E-state index is 12.7. The number of hydrogen-bond acceptors (Lipinski definition) is 5. The number of carbonyl (C=O) groups is 1. The summed E-state index contributed by atoms with van der Waals surface area (Å²) < 4.78 is 17.0. The van der Waals surface area contributed by atoms with Gasteiger partial charge in [0.05, 0.1) is 13.2 Å². The molecule has 0 spiro atoms. The van der Waals surface area contributed by atoms with Crippen molar-refractivity contribution in [2.24, 2.45) is 0 Å². The number of ether oxygens (including phenoxy) is 2. The highest BCUT2D eigenvalue weighted by atomic mass is 16.6. The van der Waals surface area contributed by atoms with E-state index in [1.54, 1.807) is 4.90 Å². The van der Waals surface area contributed by atoms with Crippen LogP contribution in [0.1, 0.15) is 37.7 Å². The third kappa shape index (κ3) is 6.34. The van der Waals surface area contributed by atoms with E-state index in [9.17, 15) is 9.90 Å². The van der Waals surface area contributed by atoms with Crippen molar-refractivity contribution in [2.45, 2.75) is 46.1 Å².